The van der Waals surface area contributed by atoms with Crippen LogP contribution in [-0.2, 0) is 4.79 Å². The van der Waals surface area contributed by atoms with Gasteiger partial charge >= 0.3 is 0 Å². The van der Waals surface area contributed by atoms with Crippen LogP contribution in [0.4, 0.5) is 0 Å². The summed E-state index contributed by atoms with van der Waals surface area (Å²) in [4.78, 5) is 13.3. The standard InChI is InChI=1S/C10H20N2O/c1-9(2)4-3-6-12-7-5-11-10(13)8-12/h9H,3-8H2,1-2H3,(H,11,13). The van der Waals surface area contributed by atoms with Crippen molar-refractivity contribution in [1.82, 2.24) is 10.2 Å². The predicted octanol–water partition coefficient (Wildman–Crippen LogP) is 0.854. The van der Waals surface area contributed by atoms with E-state index in [2.05, 4.69) is 24.1 Å². The second-order valence-electron chi connectivity index (χ2n) is 4.16. The van der Waals surface area contributed by atoms with Crippen molar-refractivity contribution < 1.29 is 4.79 Å². The lowest BCUT2D eigenvalue weighted by atomic mass is 10.1. The van der Waals surface area contributed by atoms with Crippen LogP contribution in [0.3, 0.4) is 0 Å². The van der Waals surface area contributed by atoms with E-state index in [0.717, 1.165) is 25.6 Å². The summed E-state index contributed by atoms with van der Waals surface area (Å²) >= 11 is 0. The maximum atomic E-state index is 11.0. The maximum absolute atomic E-state index is 11.0. The van der Waals surface area contributed by atoms with Gasteiger partial charge in [0.2, 0.25) is 5.91 Å². The van der Waals surface area contributed by atoms with E-state index in [0.29, 0.717) is 6.54 Å². The molecule has 3 heteroatoms. The number of nitrogens with zero attached hydrogens (tertiary/aromatic N) is 1. The van der Waals surface area contributed by atoms with E-state index in [9.17, 15) is 4.79 Å². The molecule has 0 spiro atoms. The van der Waals surface area contributed by atoms with E-state index in [1.807, 2.05) is 0 Å². The lowest BCUT2D eigenvalue weighted by Gasteiger charge is -2.26. The summed E-state index contributed by atoms with van der Waals surface area (Å²) in [6.45, 7) is 7.99. The molecule has 0 unspecified atom stereocenters. The number of hydrogen-bond donors (Lipinski definition) is 1. The van der Waals surface area contributed by atoms with E-state index in [4.69, 9.17) is 0 Å². The van der Waals surface area contributed by atoms with E-state index >= 15 is 0 Å². The second kappa shape index (κ2) is 5.22. The van der Waals surface area contributed by atoms with Crippen LogP contribution in [0.15, 0.2) is 0 Å². The molecule has 0 atom stereocenters. The van der Waals surface area contributed by atoms with Crippen molar-refractivity contribution in [3.05, 3.63) is 0 Å². The van der Waals surface area contributed by atoms with Crippen LogP contribution in [0.5, 0.6) is 0 Å². The average Bonchev–Trinajstić information content (AvgIpc) is 2.03. The Labute approximate surface area is 80.5 Å². The zero-order valence-corrected chi connectivity index (χ0v) is 8.68. The number of nitrogens with one attached hydrogen (secondary N) is 1. The molecule has 1 heterocycles. The van der Waals surface area contributed by atoms with Gasteiger partial charge in [-0.25, -0.2) is 0 Å². The molecule has 1 amide bonds. The van der Waals surface area contributed by atoms with Crippen LogP contribution in [0.25, 0.3) is 0 Å². The normalized spacial score (nSPS) is 19.2. The fourth-order valence-corrected chi connectivity index (χ4v) is 1.61. The smallest absolute Gasteiger partial charge is 0.234 e. The Bertz CT molecular complexity index is 168. The molecule has 0 aromatic carbocycles. The number of rotatable bonds is 4. The molecule has 1 fully saturated rings. The van der Waals surface area contributed by atoms with E-state index in [-0.39, 0.29) is 5.91 Å². The third kappa shape index (κ3) is 4.27. The Morgan fingerprint density at radius 3 is 2.92 bits per heavy atom. The number of carbonyl (C=O) groups excluding carboxylic acids is 1. The highest BCUT2D eigenvalue weighted by atomic mass is 16.2. The van der Waals surface area contributed by atoms with Crippen molar-refractivity contribution in [3.63, 3.8) is 0 Å². The Balaban J connectivity index is 2.10. The van der Waals surface area contributed by atoms with Gasteiger partial charge in [-0.3, -0.25) is 9.69 Å². The van der Waals surface area contributed by atoms with Gasteiger partial charge in [0.05, 0.1) is 6.54 Å². The summed E-state index contributed by atoms with van der Waals surface area (Å²) in [5.41, 5.74) is 0. The van der Waals surface area contributed by atoms with Gasteiger partial charge in [-0.15, -0.1) is 0 Å². The first kappa shape index (κ1) is 10.5. The Hall–Kier alpha value is -0.570. The van der Waals surface area contributed by atoms with Gasteiger partial charge in [0.1, 0.15) is 0 Å². The largest absolute Gasteiger partial charge is 0.354 e. The molecule has 1 saturated heterocycles. The van der Waals surface area contributed by atoms with Gasteiger partial charge in [-0.2, -0.15) is 0 Å². The highest BCUT2D eigenvalue weighted by molar-refractivity contribution is 5.78. The first-order valence-corrected chi connectivity index (χ1v) is 5.17. The van der Waals surface area contributed by atoms with Gasteiger partial charge in [0.25, 0.3) is 0 Å². The molecule has 1 rings (SSSR count). The van der Waals surface area contributed by atoms with Crippen molar-refractivity contribution in [2.24, 2.45) is 5.92 Å². The second-order valence-corrected chi connectivity index (χ2v) is 4.16. The van der Waals surface area contributed by atoms with Gasteiger partial charge in [0.15, 0.2) is 0 Å². The molecule has 13 heavy (non-hydrogen) atoms. The van der Waals surface area contributed by atoms with E-state index < -0.39 is 0 Å². The number of carbonyl (C=O) groups is 1. The van der Waals surface area contributed by atoms with Crippen molar-refractivity contribution in [3.8, 4) is 0 Å². The van der Waals surface area contributed by atoms with E-state index in [1.54, 1.807) is 0 Å². The first-order chi connectivity index (χ1) is 6.18. The molecule has 0 aliphatic carbocycles. The van der Waals surface area contributed by atoms with Crippen LogP contribution in [0.2, 0.25) is 0 Å². The molecule has 0 saturated carbocycles. The fraction of sp³-hybridized carbons (Fsp3) is 0.900. The van der Waals surface area contributed by atoms with Gasteiger partial charge in [0, 0.05) is 13.1 Å². The van der Waals surface area contributed by atoms with Crippen LogP contribution >= 0.6 is 0 Å². The zero-order chi connectivity index (χ0) is 9.68. The van der Waals surface area contributed by atoms with Crippen molar-refractivity contribution in [1.29, 1.82) is 0 Å². The minimum absolute atomic E-state index is 0.177. The third-order valence-corrected chi connectivity index (χ3v) is 2.37. The summed E-state index contributed by atoms with van der Waals surface area (Å²) < 4.78 is 0. The molecular formula is C10H20N2O. The van der Waals surface area contributed by atoms with Crippen molar-refractivity contribution >= 4 is 5.91 Å². The number of hydrogen-bond acceptors (Lipinski definition) is 2. The van der Waals surface area contributed by atoms with Crippen LogP contribution < -0.4 is 5.32 Å². The lowest BCUT2D eigenvalue weighted by Crippen LogP contribution is -2.47. The zero-order valence-electron chi connectivity index (χ0n) is 8.68. The molecule has 0 aromatic rings. The predicted molar refractivity (Wildman–Crippen MR) is 53.5 cm³/mol. The quantitative estimate of drug-likeness (QED) is 0.702. The monoisotopic (exact) mass is 184 g/mol. The van der Waals surface area contributed by atoms with Crippen LogP contribution in [0.1, 0.15) is 26.7 Å². The maximum Gasteiger partial charge on any atom is 0.234 e. The van der Waals surface area contributed by atoms with Crippen LogP contribution in [0, 0.1) is 5.92 Å². The SMILES string of the molecule is CC(C)CCCN1CCNC(=O)C1. The molecule has 1 aliphatic rings. The Morgan fingerprint density at radius 2 is 2.31 bits per heavy atom. The third-order valence-electron chi connectivity index (χ3n) is 2.37. The molecule has 3 nitrogen and oxygen atoms in total. The fourth-order valence-electron chi connectivity index (χ4n) is 1.61. The van der Waals surface area contributed by atoms with Crippen molar-refractivity contribution in [2.45, 2.75) is 26.7 Å². The molecule has 1 aliphatic heterocycles. The molecule has 1 N–H and O–H groups in total. The Morgan fingerprint density at radius 1 is 1.54 bits per heavy atom. The van der Waals surface area contributed by atoms with Gasteiger partial charge in [-0.05, 0) is 25.3 Å². The molecule has 0 aromatic heterocycles. The number of amides is 1. The number of piperazine rings is 1. The summed E-state index contributed by atoms with van der Waals surface area (Å²) in [5, 5.41) is 2.83. The first-order valence-electron chi connectivity index (χ1n) is 5.17. The molecule has 0 radical (unpaired) electrons. The molecular weight excluding hydrogens is 164 g/mol. The lowest BCUT2D eigenvalue weighted by molar-refractivity contribution is -0.124. The van der Waals surface area contributed by atoms with Crippen LogP contribution in [-0.4, -0.2) is 37.0 Å². The van der Waals surface area contributed by atoms with Gasteiger partial charge < -0.3 is 5.32 Å². The van der Waals surface area contributed by atoms with Gasteiger partial charge in [-0.1, -0.05) is 13.8 Å². The minimum Gasteiger partial charge on any atom is -0.354 e. The summed E-state index contributed by atoms with van der Waals surface area (Å²) in [6.07, 6.45) is 2.48. The molecule has 76 valence electrons. The van der Waals surface area contributed by atoms with E-state index in [1.165, 1.54) is 12.8 Å². The average molecular weight is 184 g/mol. The summed E-state index contributed by atoms with van der Waals surface area (Å²) in [6, 6.07) is 0. The molecule has 0 bridgehead atoms. The highest BCUT2D eigenvalue weighted by Crippen LogP contribution is 2.05. The topological polar surface area (TPSA) is 32.3 Å². The summed E-state index contributed by atoms with van der Waals surface area (Å²) in [5.74, 6) is 0.953. The minimum atomic E-state index is 0.177. The summed E-state index contributed by atoms with van der Waals surface area (Å²) in [7, 11) is 0. The van der Waals surface area contributed by atoms with Crippen molar-refractivity contribution in [2.75, 3.05) is 26.2 Å². The highest BCUT2D eigenvalue weighted by Gasteiger charge is 2.14. The Kier molecular flexibility index (Phi) is 4.22.